The topological polar surface area (TPSA) is 63.8 Å². The highest BCUT2D eigenvalue weighted by Crippen LogP contribution is 2.27. The van der Waals surface area contributed by atoms with E-state index in [0.29, 0.717) is 33.7 Å². The van der Waals surface area contributed by atoms with Crippen molar-refractivity contribution in [3.05, 3.63) is 81.5 Å². The fourth-order valence-corrected chi connectivity index (χ4v) is 2.79. The van der Waals surface area contributed by atoms with E-state index >= 15 is 0 Å². The van der Waals surface area contributed by atoms with Crippen molar-refractivity contribution in [3.63, 3.8) is 0 Å². The number of nitrogens with one attached hydrogen (secondary N) is 1. The van der Waals surface area contributed by atoms with Gasteiger partial charge in [-0.3, -0.25) is 0 Å². The lowest BCUT2D eigenvalue weighted by Gasteiger charge is -2.05. The summed E-state index contributed by atoms with van der Waals surface area (Å²) >= 11 is 12.0. The van der Waals surface area contributed by atoms with Crippen LogP contribution in [0.25, 0.3) is 11.3 Å². The molecule has 0 aliphatic rings. The van der Waals surface area contributed by atoms with Crippen molar-refractivity contribution in [2.75, 3.05) is 6.61 Å². The lowest BCUT2D eigenvalue weighted by molar-refractivity contribution is 0.0526. The summed E-state index contributed by atoms with van der Waals surface area (Å²) in [5.41, 5.74) is 5.04. The summed E-state index contributed by atoms with van der Waals surface area (Å²) in [6.07, 6.45) is 1.58. The Balaban J connectivity index is 1.65. The zero-order valence-corrected chi connectivity index (χ0v) is 16.6. The number of carbonyl (C=O) groups excluding carboxylic acids is 1. The standard InChI is InChI=1S/C21H18Cl2N2O3/c1-2-27-21(26)18-11-15(5-9-19(18)23)20-10-8-17(28-20)13-25-24-12-14-3-6-16(22)7-4-14/h3-11,13,24H,2,12H2,1H3/b25-13-. The number of halogens is 2. The van der Waals surface area contributed by atoms with E-state index in [2.05, 4.69) is 10.5 Å². The summed E-state index contributed by atoms with van der Waals surface area (Å²) in [4.78, 5) is 12.0. The molecule has 1 heterocycles. The van der Waals surface area contributed by atoms with Gasteiger partial charge in [0.15, 0.2) is 0 Å². The first-order valence-corrected chi connectivity index (χ1v) is 9.39. The molecule has 0 unspecified atom stereocenters. The summed E-state index contributed by atoms with van der Waals surface area (Å²) < 4.78 is 10.8. The maximum Gasteiger partial charge on any atom is 0.339 e. The van der Waals surface area contributed by atoms with E-state index in [9.17, 15) is 4.79 Å². The molecule has 144 valence electrons. The van der Waals surface area contributed by atoms with Gasteiger partial charge in [0, 0.05) is 10.6 Å². The monoisotopic (exact) mass is 416 g/mol. The molecule has 1 N–H and O–H groups in total. The van der Waals surface area contributed by atoms with Gasteiger partial charge in [-0.25, -0.2) is 4.79 Å². The summed E-state index contributed by atoms with van der Waals surface area (Å²) in [6, 6.07) is 16.2. The summed E-state index contributed by atoms with van der Waals surface area (Å²) in [5.74, 6) is 0.710. The summed E-state index contributed by atoms with van der Waals surface area (Å²) in [7, 11) is 0. The molecule has 5 nitrogen and oxygen atoms in total. The Bertz CT molecular complexity index is 982. The molecule has 0 saturated carbocycles. The number of nitrogens with zero attached hydrogens (tertiary/aromatic N) is 1. The van der Waals surface area contributed by atoms with Gasteiger partial charge in [0.05, 0.1) is 30.0 Å². The molecule has 7 heteroatoms. The molecule has 0 bridgehead atoms. The first-order valence-electron chi connectivity index (χ1n) is 8.64. The molecule has 0 aliphatic carbocycles. The highest BCUT2D eigenvalue weighted by molar-refractivity contribution is 6.33. The molecule has 0 spiro atoms. The smallest absolute Gasteiger partial charge is 0.339 e. The third-order valence-electron chi connectivity index (χ3n) is 3.85. The molecule has 0 saturated heterocycles. The van der Waals surface area contributed by atoms with Crippen molar-refractivity contribution < 1.29 is 13.9 Å². The summed E-state index contributed by atoms with van der Waals surface area (Å²) in [5, 5.41) is 5.19. The number of esters is 1. The largest absolute Gasteiger partial charge is 0.462 e. The van der Waals surface area contributed by atoms with E-state index in [1.54, 1.807) is 43.5 Å². The predicted molar refractivity (Wildman–Crippen MR) is 111 cm³/mol. The average Bonchev–Trinajstić information content (AvgIpc) is 3.16. The predicted octanol–water partition coefficient (Wildman–Crippen LogP) is 5.55. The van der Waals surface area contributed by atoms with E-state index in [1.807, 2.05) is 24.3 Å². The van der Waals surface area contributed by atoms with Crippen molar-refractivity contribution in [3.8, 4) is 11.3 Å². The normalized spacial score (nSPS) is 11.0. The van der Waals surface area contributed by atoms with Gasteiger partial charge in [-0.05, 0) is 55.0 Å². The van der Waals surface area contributed by atoms with E-state index < -0.39 is 5.97 Å². The van der Waals surface area contributed by atoms with Gasteiger partial charge >= 0.3 is 5.97 Å². The van der Waals surface area contributed by atoms with E-state index in [1.165, 1.54) is 0 Å². The fraction of sp³-hybridized carbons (Fsp3) is 0.143. The number of ether oxygens (including phenoxy) is 1. The van der Waals surface area contributed by atoms with Crippen LogP contribution in [0.15, 0.2) is 64.1 Å². The van der Waals surface area contributed by atoms with Gasteiger partial charge in [0.1, 0.15) is 11.5 Å². The van der Waals surface area contributed by atoms with Gasteiger partial charge in [-0.15, -0.1) is 0 Å². The first-order chi connectivity index (χ1) is 13.6. The summed E-state index contributed by atoms with van der Waals surface area (Å²) in [6.45, 7) is 2.60. The van der Waals surface area contributed by atoms with Gasteiger partial charge < -0.3 is 14.6 Å². The van der Waals surface area contributed by atoms with E-state index in [-0.39, 0.29) is 6.61 Å². The molecule has 1 aromatic heterocycles. The van der Waals surface area contributed by atoms with Crippen molar-refractivity contribution >= 4 is 35.4 Å². The number of hydrogen-bond acceptors (Lipinski definition) is 5. The number of hydrogen-bond donors (Lipinski definition) is 1. The van der Waals surface area contributed by atoms with Crippen LogP contribution in [-0.2, 0) is 11.3 Å². The number of carbonyl (C=O) groups is 1. The van der Waals surface area contributed by atoms with Crippen LogP contribution >= 0.6 is 23.2 Å². The van der Waals surface area contributed by atoms with Crippen molar-refractivity contribution in [2.24, 2.45) is 5.10 Å². The maximum atomic E-state index is 12.0. The second kappa shape index (κ2) is 9.44. The lowest BCUT2D eigenvalue weighted by Crippen LogP contribution is -2.05. The molecule has 2 aromatic carbocycles. The molecule has 3 aromatic rings. The molecular weight excluding hydrogens is 399 g/mol. The van der Waals surface area contributed by atoms with Crippen molar-refractivity contribution in [1.29, 1.82) is 0 Å². The fourth-order valence-electron chi connectivity index (χ4n) is 2.47. The Morgan fingerprint density at radius 1 is 1.14 bits per heavy atom. The minimum atomic E-state index is -0.464. The quantitative estimate of drug-likeness (QED) is 0.311. The number of benzene rings is 2. The zero-order chi connectivity index (χ0) is 19.9. The van der Waals surface area contributed by atoms with Crippen molar-refractivity contribution in [2.45, 2.75) is 13.5 Å². The van der Waals surface area contributed by atoms with Crippen molar-refractivity contribution in [1.82, 2.24) is 5.43 Å². The minimum absolute atomic E-state index is 0.282. The van der Waals surface area contributed by atoms with Gasteiger partial charge in [-0.1, -0.05) is 35.3 Å². The van der Waals surface area contributed by atoms with Crippen LogP contribution in [0.3, 0.4) is 0 Å². The van der Waals surface area contributed by atoms with Gasteiger partial charge in [0.25, 0.3) is 0 Å². The van der Waals surface area contributed by atoms with Crippen LogP contribution in [0.4, 0.5) is 0 Å². The molecule has 0 amide bonds. The SMILES string of the molecule is CCOC(=O)c1cc(-c2ccc(/C=N\NCc3ccc(Cl)cc3)o2)ccc1Cl. The Kier molecular flexibility index (Phi) is 6.74. The highest BCUT2D eigenvalue weighted by Gasteiger charge is 2.14. The molecule has 0 fully saturated rings. The molecule has 28 heavy (non-hydrogen) atoms. The van der Waals surface area contributed by atoms with Crippen LogP contribution in [0, 0.1) is 0 Å². The first kappa shape index (κ1) is 20.0. The van der Waals surface area contributed by atoms with Gasteiger partial charge in [0.2, 0.25) is 0 Å². The lowest BCUT2D eigenvalue weighted by atomic mass is 10.1. The number of hydrazone groups is 1. The zero-order valence-electron chi connectivity index (χ0n) is 15.1. The van der Waals surface area contributed by atoms with E-state index in [0.717, 1.165) is 11.1 Å². The number of rotatable bonds is 7. The molecule has 0 radical (unpaired) electrons. The maximum absolute atomic E-state index is 12.0. The van der Waals surface area contributed by atoms with Crippen LogP contribution in [-0.4, -0.2) is 18.8 Å². The Hall–Kier alpha value is -2.76. The second-order valence-corrected chi connectivity index (χ2v) is 6.68. The van der Waals surface area contributed by atoms with Crippen LogP contribution in [0.1, 0.15) is 28.6 Å². The Morgan fingerprint density at radius 2 is 1.93 bits per heavy atom. The van der Waals surface area contributed by atoms with E-state index in [4.69, 9.17) is 32.4 Å². The highest BCUT2D eigenvalue weighted by atomic mass is 35.5. The van der Waals surface area contributed by atoms with Crippen LogP contribution < -0.4 is 5.43 Å². The molecule has 0 aliphatic heterocycles. The number of furan rings is 1. The second-order valence-electron chi connectivity index (χ2n) is 5.84. The van der Waals surface area contributed by atoms with Gasteiger partial charge in [-0.2, -0.15) is 5.10 Å². The van der Waals surface area contributed by atoms with Crippen LogP contribution in [0.5, 0.6) is 0 Å². The average molecular weight is 417 g/mol. The Labute approximate surface area is 172 Å². The third kappa shape index (κ3) is 5.15. The minimum Gasteiger partial charge on any atom is -0.462 e. The molecular formula is C21H18Cl2N2O3. The third-order valence-corrected chi connectivity index (χ3v) is 4.43. The Morgan fingerprint density at radius 3 is 2.68 bits per heavy atom. The molecule has 0 atom stereocenters. The van der Waals surface area contributed by atoms with Crippen LogP contribution in [0.2, 0.25) is 10.0 Å². The molecule has 3 rings (SSSR count).